The molecule has 1 aliphatic rings. The highest BCUT2D eigenvalue weighted by atomic mass is 19.4. The largest absolute Gasteiger partial charge is 0.438 e. The number of hydrogen-bond donors (Lipinski definition) is 2. The summed E-state index contributed by atoms with van der Waals surface area (Å²) in [4.78, 5) is 31.9. The molecule has 2 aromatic carbocycles. The standard InChI is InChI=1S/C29H27F4N7O2/c1-34-28-37-16-36-25(39-28)22-4-3-9-35-27(22)42-21-5-6-24(30)23(15-21)26(41)38-20-13-18(12-19(14-20)29(31,32)33)17-7-10-40(2)11-8-17/h3-6,9,12-17H,7-8,10-11H2,1-2H3,(H,38,41)(H,34,36,37,39). The molecule has 5 rings (SSSR count). The van der Waals surface area contributed by atoms with Crippen molar-refractivity contribution in [2.45, 2.75) is 24.9 Å². The molecule has 218 valence electrons. The van der Waals surface area contributed by atoms with E-state index >= 15 is 0 Å². The third-order valence-corrected chi connectivity index (χ3v) is 6.93. The van der Waals surface area contributed by atoms with E-state index in [2.05, 4.69) is 35.5 Å². The Labute approximate surface area is 239 Å². The molecule has 0 radical (unpaired) electrons. The highest BCUT2D eigenvalue weighted by Gasteiger charge is 2.32. The van der Waals surface area contributed by atoms with Crippen LogP contribution in [0.1, 0.15) is 40.2 Å². The minimum absolute atomic E-state index is 0.0699. The Bertz CT molecular complexity index is 1590. The first-order chi connectivity index (χ1) is 20.1. The van der Waals surface area contributed by atoms with E-state index in [1.54, 1.807) is 19.2 Å². The molecular formula is C29H27F4N7O2. The number of benzene rings is 2. The van der Waals surface area contributed by atoms with Crippen LogP contribution in [0.15, 0.2) is 61.1 Å². The molecule has 0 spiro atoms. The minimum atomic E-state index is -4.62. The lowest BCUT2D eigenvalue weighted by Crippen LogP contribution is -2.29. The number of piperidine rings is 1. The molecule has 1 aliphatic heterocycles. The smallest absolute Gasteiger partial charge is 0.416 e. The van der Waals surface area contributed by atoms with E-state index in [-0.39, 0.29) is 29.1 Å². The fraction of sp³-hybridized carbons (Fsp3) is 0.276. The Kier molecular flexibility index (Phi) is 8.29. The van der Waals surface area contributed by atoms with Gasteiger partial charge in [0, 0.05) is 18.9 Å². The van der Waals surface area contributed by atoms with Gasteiger partial charge in [0.05, 0.1) is 16.7 Å². The molecule has 1 amide bonds. The maximum Gasteiger partial charge on any atom is 0.416 e. The van der Waals surface area contributed by atoms with Gasteiger partial charge < -0.3 is 20.3 Å². The molecule has 3 heterocycles. The van der Waals surface area contributed by atoms with Crippen LogP contribution in [0.4, 0.5) is 29.2 Å². The van der Waals surface area contributed by atoms with Gasteiger partial charge in [-0.15, -0.1) is 0 Å². The van der Waals surface area contributed by atoms with E-state index in [1.165, 1.54) is 24.7 Å². The molecular weight excluding hydrogens is 554 g/mol. The van der Waals surface area contributed by atoms with Crippen LogP contribution in [-0.2, 0) is 6.18 Å². The van der Waals surface area contributed by atoms with E-state index < -0.39 is 29.0 Å². The van der Waals surface area contributed by atoms with Crippen LogP contribution in [-0.4, -0.2) is 57.9 Å². The van der Waals surface area contributed by atoms with E-state index in [1.807, 2.05) is 7.05 Å². The van der Waals surface area contributed by atoms with Crippen molar-refractivity contribution < 1.29 is 27.1 Å². The summed E-state index contributed by atoms with van der Waals surface area (Å²) >= 11 is 0. The molecule has 0 aliphatic carbocycles. The van der Waals surface area contributed by atoms with Gasteiger partial charge in [-0.2, -0.15) is 18.2 Å². The van der Waals surface area contributed by atoms with Crippen LogP contribution < -0.4 is 15.4 Å². The van der Waals surface area contributed by atoms with Crippen molar-refractivity contribution >= 4 is 17.5 Å². The number of alkyl halides is 3. The second-order valence-electron chi connectivity index (χ2n) is 9.86. The number of likely N-dealkylation sites (tertiary alicyclic amines) is 1. The van der Waals surface area contributed by atoms with Crippen molar-refractivity contribution in [3.8, 4) is 23.0 Å². The monoisotopic (exact) mass is 581 g/mol. The van der Waals surface area contributed by atoms with Crippen molar-refractivity contribution in [1.29, 1.82) is 0 Å². The van der Waals surface area contributed by atoms with Crippen LogP contribution in [0.25, 0.3) is 11.4 Å². The lowest BCUT2D eigenvalue weighted by Gasteiger charge is -2.29. The number of hydrogen-bond acceptors (Lipinski definition) is 8. The fourth-order valence-corrected chi connectivity index (χ4v) is 4.71. The SMILES string of the molecule is CNc1ncnc(-c2cccnc2Oc2ccc(F)c(C(=O)Nc3cc(C4CCN(C)CC4)cc(C(F)(F)F)c3)c2)n1. The zero-order chi connectivity index (χ0) is 29.9. The molecule has 4 aromatic rings. The minimum Gasteiger partial charge on any atom is -0.438 e. The topological polar surface area (TPSA) is 105 Å². The van der Waals surface area contributed by atoms with Gasteiger partial charge in [-0.1, -0.05) is 0 Å². The molecule has 1 saturated heterocycles. The third-order valence-electron chi connectivity index (χ3n) is 6.93. The summed E-state index contributed by atoms with van der Waals surface area (Å²) in [6.07, 6.45) is -0.444. The number of carbonyl (C=O) groups excluding carboxylic acids is 1. The number of ether oxygens (including phenoxy) is 1. The van der Waals surface area contributed by atoms with E-state index in [4.69, 9.17) is 4.74 Å². The van der Waals surface area contributed by atoms with Gasteiger partial charge >= 0.3 is 6.18 Å². The van der Waals surface area contributed by atoms with Crippen LogP contribution in [0.3, 0.4) is 0 Å². The van der Waals surface area contributed by atoms with Gasteiger partial charge in [0.2, 0.25) is 11.8 Å². The van der Waals surface area contributed by atoms with Crippen molar-refractivity contribution in [2.75, 3.05) is 37.8 Å². The third kappa shape index (κ3) is 6.62. The Hall–Kier alpha value is -4.65. The summed E-state index contributed by atoms with van der Waals surface area (Å²) in [5.74, 6) is -1.14. The predicted molar refractivity (Wildman–Crippen MR) is 148 cm³/mol. The molecule has 2 N–H and O–H groups in total. The summed E-state index contributed by atoms with van der Waals surface area (Å²) in [5.41, 5.74) is -0.475. The van der Waals surface area contributed by atoms with E-state index in [9.17, 15) is 22.4 Å². The number of amides is 1. The first-order valence-corrected chi connectivity index (χ1v) is 13.1. The summed E-state index contributed by atoms with van der Waals surface area (Å²) in [6.45, 7) is 1.51. The van der Waals surface area contributed by atoms with Crippen LogP contribution in [0.2, 0.25) is 0 Å². The summed E-state index contributed by atoms with van der Waals surface area (Å²) < 4.78 is 61.9. The van der Waals surface area contributed by atoms with Crippen LogP contribution >= 0.6 is 0 Å². The number of pyridine rings is 1. The average molecular weight is 582 g/mol. The molecule has 0 unspecified atom stereocenters. The summed E-state index contributed by atoms with van der Waals surface area (Å²) in [6, 6.07) is 10.3. The number of aromatic nitrogens is 4. The van der Waals surface area contributed by atoms with Crippen LogP contribution in [0.5, 0.6) is 11.6 Å². The lowest BCUT2D eigenvalue weighted by atomic mass is 9.88. The van der Waals surface area contributed by atoms with Gasteiger partial charge in [-0.25, -0.2) is 19.3 Å². The number of anilines is 2. The fourth-order valence-electron chi connectivity index (χ4n) is 4.71. The van der Waals surface area contributed by atoms with Crippen molar-refractivity contribution in [2.24, 2.45) is 0 Å². The van der Waals surface area contributed by atoms with Gasteiger partial charge in [-0.05, 0) is 93.0 Å². The number of nitrogens with one attached hydrogen (secondary N) is 2. The molecule has 0 saturated carbocycles. The zero-order valence-corrected chi connectivity index (χ0v) is 22.7. The normalized spacial score (nSPS) is 14.4. The second-order valence-corrected chi connectivity index (χ2v) is 9.86. The van der Waals surface area contributed by atoms with Gasteiger partial charge in [0.15, 0.2) is 5.82 Å². The lowest BCUT2D eigenvalue weighted by molar-refractivity contribution is -0.137. The highest BCUT2D eigenvalue weighted by Crippen LogP contribution is 2.37. The molecule has 0 atom stereocenters. The van der Waals surface area contributed by atoms with Gasteiger partial charge in [-0.3, -0.25) is 4.79 Å². The molecule has 2 aromatic heterocycles. The Balaban J connectivity index is 1.41. The average Bonchev–Trinajstić information content (AvgIpc) is 2.98. The Morgan fingerprint density at radius 1 is 1.05 bits per heavy atom. The summed E-state index contributed by atoms with van der Waals surface area (Å²) in [5, 5.41) is 5.26. The van der Waals surface area contributed by atoms with Crippen molar-refractivity contribution in [3.05, 3.63) is 83.6 Å². The van der Waals surface area contributed by atoms with Gasteiger partial charge in [0.1, 0.15) is 17.9 Å². The quantitative estimate of drug-likeness (QED) is 0.257. The Morgan fingerprint density at radius 3 is 2.57 bits per heavy atom. The number of carbonyl (C=O) groups is 1. The van der Waals surface area contributed by atoms with Crippen molar-refractivity contribution in [3.63, 3.8) is 0 Å². The Morgan fingerprint density at radius 2 is 1.83 bits per heavy atom. The van der Waals surface area contributed by atoms with Crippen LogP contribution in [0, 0.1) is 5.82 Å². The summed E-state index contributed by atoms with van der Waals surface area (Å²) in [7, 11) is 3.61. The zero-order valence-electron chi connectivity index (χ0n) is 22.7. The second kappa shape index (κ2) is 12.1. The first kappa shape index (κ1) is 28.9. The van der Waals surface area contributed by atoms with E-state index in [0.717, 1.165) is 37.4 Å². The predicted octanol–water partition coefficient (Wildman–Crippen LogP) is 5.99. The first-order valence-electron chi connectivity index (χ1n) is 13.1. The molecule has 13 heteroatoms. The maximum atomic E-state index is 14.8. The molecule has 1 fully saturated rings. The molecule has 9 nitrogen and oxygen atoms in total. The number of nitrogens with zero attached hydrogens (tertiary/aromatic N) is 5. The number of rotatable bonds is 7. The van der Waals surface area contributed by atoms with Crippen molar-refractivity contribution in [1.82, 2.24) is 24.8 Å². The van der Waals surface area contributed by atoms with E-state index in [0.29, 0.717) is 29.9 Å². The highest BCUT2D eigenvalue weighted by molar-refractivity contribution is 6.04. The van der Waals surface area contributed by atoms with Gasteiger partial charge in [0.25, 0.3) is 5.91 Å². The molecule has 42 heavy (non-hydrogen) atoms. The molecule has 0 bridgehead atoms. The maximum absolute atomic E-state index is 14.8. The number of halogens is 4.